The molecule has 1 atom stereocenters. The van der Waals surface area contributed by atoms with Crippen LogP contribution in [0.1, 0.15) is 28.9 Å². The number of carbonyl (C=O) groups is 1. The zero-order chi connectivity index (χ0) is 16.2. The van der Waals surface area contributed by atoms with Crippen LogP contribution in [-0.4, -0.2) is 39.7 Å². The quantitative estimate of drug-likeness (QED) is 0.938. The molecule has 1 saturated heterocycles. The lowest BCUT2D eigenvalue weighted by Crippen LogP contribution is -2.47. The number of benzene rings is 1. The van der Waals surface area contributed by atoms with Crippen molar-refractivity contribution < 1.29 is 9.18 Å². The van der Waals surface area contributed by atoms with Crippen LogP contribution >= 0.6 is 0 Å². The molecule has 2 aromatic rings. The lowest BCUT2D eigenvalue weighted by atomic mass is 10.0. The molecule has 1 aromatic heterocycles. The van der Waals surface area contributed by atoms with E-state index < -0.39 is 0 Å². The second-order valence-electron chi connectivity index (χ2n) is 6.05. The van der Waals surface area contributed by atoms with E-state index in [1.54, 1.807) is 36.1 Å². The summed E-state index contributed by atoms with van der Waals surface area (Å²) in [6.45, 7) is 2.44. The van der Waals surface area contributed by atoms with Crippen molar-refractivity contribution >= 4 is 5.91 Å². The molecule has 122 valence electrons. The van der Waals surface area contributed by atoms with E-state index >= 15 is 0 Å². The van der Waals surface area contributed by atoms with Crippen molar-refractivity contribution in [2.45, 2.75) is 25.4 Å². The summed E-state index contributed by atoms with van der Waals surface area (Å²) in [5, 5.41) is 7.17. The predicted molar refractivity (Wildman–Crippen MR) is 85.4 cm³/mol. The van der Waals surface area contributed by atoms with Gasteiger partial charge in [0.1, 0.15) is 11.5 Å². The molecule has 23 heavy (non-hydrogen) atoms. The average molecular weight is 316 g/mol. The highest BCUT2D eigenvalue weighted by Crippen LogP contribution is 2.15. The van der Waals surface area contributed by atoms with Crippen molar-refractivity contribution in [3.8, 4) is 0 Å². The van der Waals surface area contributed by atoms with E-state index in [9.17, 15) is 9.18 Å². The van der Waals surface area contributed by atoms with Crippen molar-refractivity contribution in [2.75, 3.05) is 13.1 Å². The molecule has 0 saturated carbocycles. The van der Waals surface area contributed by atoms with Gasteiger partial charge in [-0.15, -0.1) is 0 Å². The fourth-order valence-electron chi connectivity index (χ4n) is 3.01. The lowest BCUT2D eigenvalue weighted by Gasteiger charge is -2.33. The van der Waals surface area contributed by atoms with Gasteiger partial charge in [0.2, 0.25) is 0 Å². The van der Waals surface area contributed by atoms with Gasteiger partial charge in [0.25, 0.3) is 5.91 Å². The van der Waals surface area contributed by atoms with E-state index in [4.69, 9.17) is 0 Å². The van der Waals surface area contributed by atoms with Crippen molar-refractivity contribution in [3.63, 3.8) is 0 Å². The van der Waals surface area contributed by atoms with Crippen LogP contribution in [0.25, 0.3) is 0 Å². The molecule has 5 nitrogen and oxygen atoms in total. The minimum atomic E-state index is -0.209. The Morgan fingerprint density at radius 2 is 2.30 bits per heavy atom. The number of rotatable bonds is 4. The fraction of sp³-hybridized carbons (Fsp3) is 0.412. The molecule has 1 aliphatic heterocycles. The third-order valence-electron chi connectivity index (χ3n) is 4.08. The Bertz CT molecular complexity index is 685. The summed E-state index contributed by atoms with van der Waals surface area (Å²) >= 11 is 0. The number of hydrogen-bond donors (Lipinski definition) is 1. The number of piperidine rings is 1. The van der Waals surface area contributed by atoms with Crippen LogP contribution in [0.2, 0.25) is 0 Å². The van der Waals surface area contributed by atoms with Gasteiger partial charge in [0.05, 0.1) is 0 Å². The van der Waals surface area contributed by atoms with Gasteiger partial charge < -0.3 is 5.32 Å². The number of nitrogens with one attached hydrogen (secondary N) is 1. The van der Waals surface area contributed by atoms with E-state index in [1.807, 2.05) is 6.07 Å². The highest BCUT2D eigenvalue weighted by atomic mass is 19.1. The van der Waals surface area contributed by atoms with Crippen molar-refractivity contribution in [2.24, 2.45) is 7.05 Å². The van der Waals surface area contributed by atoms with Gasteiger partial charge in [0.15, 0.2) is 0 Å². The third-order valence-corrected chi connectivity index (χ3v) is 4.08. The minimum Gasteiger partial charge on any atom is -0.347 e. The highest BCUT2D eigenvalue weighted by molar-refractivity contribution is 5.92. The molecule has 0 bridgehead atoms. The van der Waals surface area contributed by atoms with Crippen molar-refractivity contribution in [3.05, 3.63) is 53.6 Å². The van der Waals surface area contributed by atoms with Crippen LogP contribution < -0.4 is 5.32 Å². The minimum absolute atomic E-state index is 0.104. The van der Waals surface area contributed by atoms with Gasteiger partial charge >= 0.3 is 0 Å². The van der Waals surface area contributed by atoms with Gasteiger partial charge in [-0.25, -0.2) is 4.39 Å². The molecule has 1 aromatic carbocycles. The molecule has 3 rings (SSSR count). The topological polar surface area (TPSA) is 50.2 Å². The van der Waals surface area contributed by atoms with E-state index in [0.29, 0.717) is 12.2 Å². The number of likely N-dealkylation sites (tertiary alicyclic amines) is 1. The number of nitrogens with zero attached hydrogens (tertiary/aromatic N) is 3. The average Bonchev–Trinajstić information content (AvgIpc) is 2.94. The first-order valence-electron chi connectivity index (χ1n) is 7.87. The fourth-order valence-corrected chi connectivity index (χ4v) is 3.01. The molecule has 1 aliphatic rings. The maximum atomic E-state index is 13.3. The summed E-state index contributed by atoms with van der Waals surface area (Å²) in [5.41, 5.74) is 1.40. The standard InChI is InChI=1S/C17H21FN4O/c1-21-9-7-16(20-21)17(23)19-15-6-3-8-22(12-15)11-13-4-2-5-14(18)10-13/h2,4-5,7,9-10,15H,3,6,8,11-12H2,1H3,(H,19,23). The van der Waals surface area contributed by atoms with E-state index in [0.717, 1.165) is 31.5 Å². The van der Waals surface area contributed by atoms with Crippen molar-refractivity contribution in [1.29, 1.82) is 0 Å². The Labute approximate surface area is 135 Å². The van der Waals surface area contributed by atoms with Gasteiger partial charge in [-0.2, -0.15) is 5.10 Å². The monoisotopic (exact) mass is 316 g/mol. The maximum absolute atomic E-state index is 13.3. The summed E-state index contributed by atoms with van der Waals surface area (Å²) < 4.78 is 14.9. The molecule has 0 spiro atoms. The van der Waals surface area contributed by atoms with Crippen LogP contribution in [0.15, 0.2) is 36.5 Å². The first kappa shape index (κ1) is 15.7. The van der Waals surface area contributed by atoms with Crippen LogP contribution in [-0.2, 0) is 13.6 Å². The SMILES string of the molecule is Cn1ccc(C(=O)NC2CCCN(Cc3cccc(F)c3)C2)n1. The number of carbonyl (C=O) groups excluding carboxylic acids is 1. The van der Waals surface area contributed by atoms with Crippen LogP contribution in [0, 0.1) is 5.82 Å². The Kier molecular flexibility index (Phi) is 4.71. The van der Waals surface area contributed by atoms with Crippen molar-refractivity contribution in [1.82, 2.24) is 20.0 Å². The molecule has 1 N–H and O–H groups in total. The van der Waals surface area contributed by atoms with Crippen LogP contribution in [0.5, 0.6) is 0 Å². The normalized spacial score (nSPS) is 18.8. The molecular formula is C17H21FN4O. The van der Waals surface area contributed by atoms with Gasteiger partial charge in [-0.1, -0.05) is 12.1 Å². The number of amides is 1. The molecule has 0 radical (unpaired) electrons. The molecule has 0 aliphatic carbocycles. The Morgan fingerprint density at radius 3 is 3.04 bits per heavy atom. The molecule has 2 heterocycles. The molecule has 1 amide bonds. The largest absolute Gasteiger partial charge is 0.347 e. The zero-order valence-corrected chi connectivity index (χ0v) is 13.2. The first-order chi connectivity index (χ1) is 11.1. The Hall–Kier alpha value is -2.21. The zero-order valence-electron chi connectivity index (χ0n) is 13.2. The second kappa shape index (κ2) is 6.91. The number of hydrogen-bond acceptors (Lipinski definition) is 3. The molecule has 1 fully saturated rings. The summed E-state index contributed by atoms with van der Waals surface area (Å²) in [6.07, 6.45) is 3.73. The second-order valence-corrected chi connectivity index (χ2v) is 6.05. The Balaban J connectivity index is 1.56. The maximum Gasteiger partial charge on any atom is 0.272 e. The van der Waals surface area contributed by atoms with Crippen LogP contribution in [0.4, 0.5) is 4.39 Å². The van der Waals surface area contributed by atoms with E-state index in [-0.39, 0.29) is 17.8 Å². The number of aryl methyl sites for hydroxylation is 1. The van der Waals surface area contributed by atoms with Crippen LogP contribution in [0.3, 0.4) is 0 Å². The first-order valence-corrected chi connectivity index (χ1v) is 7.87. The number of halogens is 1. The van der Waals surface area contributed by atoms with Gasteiger partial charge in [0, 0.05) is 32.4 Å². The number of aromatic nitrogens is 2. The Morgan fingerprint density at radius 1 is 1.43 bits per heavy atom. The summed E-state index contributed by atoms with van der Waals surface area (Å²) in [6, 6.07) is 8.49. The summed E-state index contributed by atoms with van der Waals surface area (Å²) in [4.78, 5) is 14.4. The van der Waals surface area contributed by atoms with Gasteiger partial charge in [-0.3, -0.25) is 14.4 Å². The van der Waals surface area contributed by atoms with E-state index in [2.05, 4.69) is 15.3 Å². The predicted octanol–water partition coefficient (Wildman–Crippen LogP) is 1.95. The highest BCUT2D eigenvalue weighted by Gasteiger charge is 2.22. The summed E-state index contributed by atoms with van der Waals surface area (Å²) in [5.74, 6) is -0.345. The smallest absolute Gasteiger partial charge is 0.272 e. The van der Waals surface area contributed by atoms with Gasteiger partial charge in [-0.05, 0) is 43.1 Å². The molecule has 1 unspecified atom stereocenters. The summed E-state index contributed by atoms with van der Waals surface area (Å²) in [7, 11) is 1.79. The third kappa shape index (κ3) is 4.16. The van der Waals surface area contributed by atoms with E-state index in [1.165, 1.54) is 6.07 Å². The molecular weight excluding hydrogens is 295 g/mol. The molecule has 6 heteroatoms. The lowest BCUT2D eigenvalue weighted by molar-refractivity contribution is 0.0895.